The predicted molar refractivity (Wildman–Crippen MR) is 81.6 cm³/mol. The fraction of sp³-hybridized carbons (Fsp3) is 0.625. The molecule has 0 unspecified atom stereocenters. The minimum Gasteiger partial charge on any atom is -0.361 e. The fourth-order valence-corrected chi connectivity index (χ4v) is 3.22. The summed E-state index contributed by atoms with van der Waals surface area (Å²) in [5.41, 5.74) is 1.88. The van der Waals surface area contributed by atoms with Crippen LogP contribution in [-0.2, 0) is 11.2 Å². The number of rotatable bonds is 4. The first-order valence-corrected chi connectivity index (χ1v) is 7.99. The van der Waals surface area contributed by atoms with E-state index in [-0.39, 0.29) is 17.9 Å². The second-order valence-corrected chi connectivity index (χ2v) is 6.27. The maximum Gasteiger partial charge on any atom is 0.226 e. The Hall–Kier alpha value is -2.18. The van der Waals surface area contributed by atoms with E-state index in [2.05, 4.69) is 15.3 Å². The summed E-state index contributed by atoms with van der Waals surface area (Å²) in [6.45, 7) is 8.24. The average molecular weight is 318 g/mol. The van der Waals surface area contributed by atoms with Gasteiger partial charge in [-0.25, -0.2) is 0 Å². The van der Waals surface area contributed by atoms with Gasteiger partial charge >= 0.3 is 0 Å². The van der Waals surface area contributed by atoms with Gasteiger partial charge in [0.05, 0.1) is 11.7 Å². The van der Waals surface area contributed by atoms with Crippen LogP contribution in [0, 0.1) is 26.7 Å². The molecule has 1 amide bonds. The second kappa shape index (κ2) is 6.14. The zero-order valence-corrected chi connectivity index (χ0v) is 14.0. The highest BCUT2D eigenvalue weighted by molar-refractivity contribution is 5.79. The fourth-order valence-electron chi connectivity index (χ4n) is 3.22. The van der Waals surface area contributed by atoms with Gasteiger partial charge in [-0.05, 0) is 33.1 Å². The summed E-state index contributed by atoms with van der Waals surface area (Å²) < 4.78 is 10.2. The van der Waals surface area contributed by atoms with Gasteiger partial charge < -0.3 is 13.9 Å². The molecule has 3 heterocycles. The zero-order valence-electron chi connectivity index (χ0n) is 14.0. The summed E-state index contributed by atoms with van der Waals surface area (Å²) in [5, 5.41) is 7.95. The molecular weight excluding hydrogens is 296 g/mol. The van der Waals surface area contributed by atoms with Crippen LogP contribution >= 0.6 is 0 Å². The van der Waals surface area contributed by atoms with Crippen molar-refractivity contribution in [3.8, 4) is 0 Å². The van der Waals surface area contributed by atoms with Gasteiger partial charge in [0.15, 0.2) is 5.82 Å². The number of likely N-dealkylation sites (tertiary alicyclic amines) is 1. The van der Waals surface area contributed by atoms with Gasteiger partial charge in [-0.1, -0.05) is 17.2 Å². The predicted octanol–water partition coefficient (Wildman–Crippen LogP) is 2.53. The summed E-state index contributed by atoms with van der Waals surface area (Å²) in [6, 6.07) is -0.0768. The molecule has 124 valence electrons. The van der Waals surface area contributed by atoms with Gasteiger partial charge in [-0.3, -0.25) is 4.79 Å². The molecule has 3 rings (SSSR count). The van der Waals surface area contributed by atoms with Crippen LogP contribution in [0.15, 0.2) is 9.05 Å². The second-order valence-electron chi connectivity index (χ2n) is 6.27. The number of aryl methyl sites for hydroxylation is 3. The van der Waals surface area contributed by atoms with E-state index in [1.54, 1.807) is 6.92 Å². The Balaban J connectivity index is 1.73. The summed E-state index contributed by atoms with van der Waals surface area (Å²) in [6.07, 6.45) is 2.47. The zero-order chi connectivity index (χ0) is 16.6. The van der Waals surface area contributed by atoms with Crippen molar-refractivity contribution in [1.29, 1.82) is 0 Å². The minimum absolute atomic E-state index is 0.0768. The molecule has 0 aliphatic carbocycles. The molecule has 2 aromatic heterocycles. The van der Waals surface area contributed by atoms with E-state index in [9.17, 15) is 4.79 Å². The van der Waals surface area contributed by atoms with Crippen molar-refractivity contribution in [1.82, 2.24) is 20.2 Å². The Labute approximate surface area is 135 Å². The standard InChI is InChI=1S/C16H22N4O3/c1-9(8-13-10(2)18-22-11(13)3)16(21)20-7-5-6-14(20)15-17-12(4)23-19-15/h9,14H,5-8H2,1-4H3/t9-,14-/m0/s1. The highest BCUT2D eigenvalue weighted by atomic mass is 16.5. The number of carbonyl (C=O) groups is 1. The molecule has 1 saturated heterocycles. The summed E-state index contributed by atoms with van der Waals surface area (Å²) in [4.78, 5) is 19.0. The van der Waals surface area contributed by atoms with Crippen molar-refractivity contribution in [3.63, 3.8) is 0 Å². The molecule has 0 N–H and O–H groups in total. The first kappa shape index (κ1) is 15.7. The average Bonchev–Trinajstić information content (AvgIpc) is 3.22. The number of aromatic nitrogens is 3. The van der Waals surface area contributed by atoms with E-state index in [4.69, 9.17) is 9.05 Å². The minimum atomic E-state index is -0.139. The maximum absolute atomic E-state index is 12.9. The van der Waals surface area contributed by atoms with Crippen LogP contribution in [0.2, 0.25) is 0 Å². The molecule has 1 fully saturated rings. The third-order valence-corrected chi connectivity index (χ3v) is 4.49. The van der Waals surface area contributed by atoms with Crippen LogP contribution in [0.25, 0.3) is 0 Å². The highest BCUT2D eigenvalue weighted by Crippen LogP contribution is 2.32. The summed E-state index contributed by atoms with van der Waals surface area (Å²) in [5.74, 6) is 1.91. The summed E-state index contributed by atoms with van der Waals surface area (Å²) >= 11 is 0. The first-order chi connectivity index (χ1) is 11.0. The number of carbonyl (C=O) groups excluding carboxylic acids is 1. The number of hydrogen-bond acceptors (Lipinski definition) is 6. The van der Waals surface area contributed by atoms with E-state index in [1.165, 1.54) is 0 Å². The Kier molecular flexibility index (Phi) is 4.19. The molecule has 0 bridgehead atoms. The lowest BCUT2D eigenvalue weighted by molar-refractivity contribution is -0.136. The lowest BCUT2D eigenvalue weighted by Gasteiger charge is -2.25. The molecule has 0 saturated carbocycles. The summed E-state index contributed by atoms with van der Waals surface area (Å²) in [7, 11) is 0. The van der Waals surface area contributed by atoms with E-state index in [1.807, 2.05) is 25.7 Å². The smallest absolute Gasteiger partial charge is 0.226 e. The Morgan fingerprint density at radius 3 is 2.70 bits per heavy atom. The van der Waals surface area contributed by atoms with Gasteiger partial charge in [0.25, 0.3) is 0 Å². The van der Waals surface area contributed by atoms with Crippen LogP contribution in [0.1, 0.15) is 54.5 Å². The number of amides is 1. The molecule has 23 heavy (non-hydrogen) atoms. The molecule has 0 aromatic carbocycles. The van der Waals surface area contributed by atoms with Crippen molar-refractivity contribution in [2.24, 2.45) is 5.92 Å². The van der Waals surface area contributed by atoms with E-state index >= 15 is 0 Å². The molecular formula is C16H22N4O3. The van der Waals surface area contributed by atoms with Crippen LogP contribution in [0.5, 0.6) is 0 Å². The lowest BCUT2D eigenvalue weighted by Crippen LogP contribution is -2.36. The topological polar surface area (TPSA) is 85.3 Å². The van der Waals surface area contributed by atoms with Crippen LogP contribution < -0.4 is 0 Å². The van der Waals surface area contributed by atoms with Crippen molar-refractivity contribution < 1.29 is 13.8 Å². The molecule has 1 aliphatic rings. The molecule has 0 radical (unpaired) electrons. The Morgan fingerprint density at radius 1 is 1.30 bits per heavy atom. The number of hydrogen-bond donors (Lipinski definition) is 0. The van der Waals surface area contributed by atoms with Gasteiger partial charge in [0.2, 0.25) is 11.8 Å². The Morgan fingerprint density at radius 2 is 2.09 bits per heavy atom. The van der Waals surface area contributed by atoms with Crippen LogP contribution in [0.3, 0.4) is 0 Å². The van der Waals surface area contributed by atoms with Crippen LogP contribution in [0.4, 0.5) is 0 Å². The monoisotopic (exact) mass is 318 g/mol. The molecule has 7 heteroatoms. The first-order valence-electron chi connectivity index (χ1n) is 7.99. The van der Waals surface area contributed by atoms with Crippen LogP contribution in [-0.4, -0.2) is 32.6 Å². The third-order valence-electron chi connectivity index (χ3n) is 4.49. The Bertz CT molecular complexity index is 686. The van der Waals surface area contributed by atoms with Gasteiger partial charge in [0.1, 0.15) is 5.76 Å². The normalized spacial score (nSPS) is 19.3. The van der Waals surface area contributed by atoms with Gasteiger partial charge in [0, 0.05) is 24.9 Å². The van der Waals surface area contributed by atoms with Crippen molar-refractivity contribution in [3.05, 3.63) is 28.7 Å². The van der Waals surface area contributed by atoms with E-state index in [0.29, 0.717) is 18.1 Å². The van der Waals surface area contributed by atoms with Gasteiger partial charge in [-0.15, -0.1) is 0 Å². The quantitative estimate of drug-likeness (QED) is 0.861. The molecule has 1 aliphatic heterocycles. The molecule has 2 aromatic rings. The van der Waals surface area contributed by atoms with E-state index < -0.39 is 0 Å². The number of nitrogens with zero attached hydrogens (tertiary/aromatic N) is 4. The SMILES string of the molecule is Cc1nc([C@@H]2CCCN2C(=O)[C@@H](C)Cc2c(C)noc2C)no1. The highest BCUT2D eigenvalue weighted by Gasteiger charge is 2.35. The molecule has 7 nitrogen and oxygen atoms in total. The molecule has 0 spiro atoms. The van der Waals surface area contributed by atoms with Gasteiger partial charge in [-0.2, -0.15) is 4.98 Å². The largest absolute Gasteiger partial charge is 0.361 e. The lowest BCUT2D eigenvalue weighted by atomic mass is 9.98. The van der Waals surface area contributed by atoms with E-state index in [0.717, 1.165) is 36.4 Å². The maximum atomic E-state index is 12.9. The van der Waals surface area contributed by atoms with Crippen molar-refractivity contribution in [2.75, 3.05) is 6.54 Å². The third kappa shape index (κ3) is 3.00. The van der Waals surface area contributed by atoms with Crippen molar-refractivity contribution in [2.45, 2.75) is 53.0 Å². The van der Waals surface area contributed by atoms with Crippen molar-refractivity contribution >= 4 is 5.91 Å². The molecule has 2 atom stereocenters.